The summed E-state index contributed by atoms with van der Waals surface area (Å²) in [6.45, 7) is 0.830. The van der Waals surface area contributed by atoms with E-state index in [1.54, 1.807) is 4.90 Å². The van der Waals surface area contributed by atoms with Crippen molar-refractivity contribution >= 4 is 39.3 Å². The first kappa shape index (κ1) is 25.3. The summed E-state index contributed by atoms with van der Waals surface area (Å²) < 4.78 is 14.8. The van der Waals surface area contributed by atoms with Gasteiger partial charge in [-0.2, -0.15) is 0 Å². The second-order valence-electron chi connectivity index (χ2n) is 9.85. The molecule has 40 heavy (non-hydrogen) atoms. The number of anilines is 1. The minimum atomic E-state index is -0.782. The van der Waals surface area contributed by atoms with Crippen molar-refractivity contribution in [3.63, 3.8) is 0 Å². The molecule has 0 spiro atoms. The van der Waals surface area contributed by atoms with Crippen LogP contribution in [0.15, 0.2) is 79.4 Å². The number of fused-ring (bicyclic) bond motifs is 2. The third-order valence-electron chi connectivity index (χ3n) is 7.57. The lowest BCUT2D eigenvalue weighted by atomic mass is 9.86. The Balaban J connectivity index is 1.25. The zero-order chi connectivity index (χ0) is 27.8. The van der Waals surface area contributed by atoms with Gasteiger partial charge in [-0.3, -0.25) is 14.6 Å². The highest BCUT2D eigenvalue weighted by molar-refractivity contribution is 6.45. The summed E-state index contributed by atoms with van der Waals surface area (Å²) in [5, 5.41) is 2.23. The molecule has 1 saturated heterocycles. The second-order valence-corrected chi connectivity index (χ2v) is 9.85. The highest BCUT2D eigenvalue weighted by Gasteiger charge is 2.32. The Morgan fingerprint density at radius 1 is 1.07 bits per heavy atom. The quantitative estimate of drug-likeness (QED) is 0.109. The number of hydrogen-bond donors (Lipinski definition) is 4. The molecule has 5 aromatic rings. The van der Waals surface area contributed by atoms with E-state index in [1.807, 2.05) is 30.3 Å². The van der Waals surface area contributed by atoms with Gasteiger partial charge in [-0.05, 0) is 36.0 Å². The van der Waals surface area contributed by atoms with Gasteiger partial charge in [0.05, 0.1) is 22.7 Å². The van der Waals surface area contributed by atoms with E-state index in [9.17, 15) is 14.0 Å². The van der Waals surface area contributed by atoms with Gasteiger partial charge in [-0.15, -0.1) is 0 Å². The number of para-hydroxylation sites is 1. The summed E-state index contributed by atoms with van der Waals surface area (Å²) in [5.41, 5.74) is 10.0. The second kappa shape index (κ2) is 10.3. The van der Waals surface area contributed by atoms with Crippen LogP contribution in [0.4, 0.5) is 10.2 Å². The van der Waals surface area contributed by atoms with Crippen LogP contribution >= 0.6 is 0 Å². The van der Waals surface area contributed by atoms with Gasteiger partial charge in [0.15, 0.2) is 11.6 Å². The van der Waals surface area contributed by atoms with Crippen molar-refractivity contribution in [2.45, 2.75) is 18.8 Å². The first-order valence-electron chi connectivity index (χ1n) is 13.1. The number of Topliss-reactive ketones (excluding diaryl/α,β-unsaturated/α-hetero) is 1. The van der Waals surface area contributed by atoms with Crippen LogP contribution in [0.1, 0.15) is 34.7 Å². The van der Waals surface area contributed by atoms with Crippen molar-refractivity contribution in [2.75, 3.05) is 18.1 Å². The van der Waals surface area contributed by atoms with Gasteiger partial charge >= 0.3 is 0 Å². The van der Waals surface area contributed by atoms with Crippen LogP contribution in [0, 0.1) is 5.82 Å². The zero-order valence-corrected chi connectivity index (χ0v) is 21.6. The van der Waals surface area contributed by atoms with Crippen LogP contribution in [0.25, 0.3) is 33.1 Å². The number of pyridine rings is 1. The standard InChI is InChI=1S/C30H28FN7O2/c31-22-17-35-29(38(33)15-12-32)27-25(22)21(16-34-27)28(39)30(40)37-13-10-18(11-14-37)24-20-8-4-5-9-23(20)36-26(24)19-6-2-1-3-7-19/h1-9,12,15-18,34,36H,10-11,13-14,32-33H2/b15-12-. The Hall–Kier alpha value is -4.96. The number of ketones is 1. The molecule has 6 rings (SSSR count). The lowest BCUT2D eigenvalue weighted by Crippen LogP contribution is -2.41. The minimum absolute atomic E-state index is 0.0367. The van der Waals surface area contributed by atoms with E-state index in [2.05, 4.69) is 39.2 Å². The number of benzene rings is 2. The Labute approximate surface area is 229 Å². The molecular formula is C30H28FN7O2. The number of nitrogens with two attached hydrogens (primary N) is 2. The van der Waals surface area contributed by atoms with Gasteiger partial charge < -0.3 is 20.6 Å². The number of likely N-dealkylation sites (tertiary alicyclic amines) is 1. The van der Waals surface area contributed by atoms with Gasteiger partial charge in [-0.1, -0.05) is 48.5 Å². The Morgan fingerprint density at radius 2 is 1.80 bits per heavy atom. The molecule has 0 atom stereocenters. The average Bonchev–Trinajstić information content (AvgIpc) is 3.60. The predicted octanol–water partition coefficient (Wildman–Crippen LogP) is 4.55. The van der Waals surface area contributed by atoms with E-state index in [1.165, 1.54) is 29.5 Å². The van der Waals surface area contributed by atoms with Crippen LogP contribution in [0.2, 0.25) is 0 Å². The summed E-state index contributed by atoms with van der Waals surface area (Å²) in [4.78, 5) is 38.6. The van der Waals surface area contributed by atoms with Crippen LogP contribution in [0.3, 0.4) is 0 Å². The molecule has 3 aromatic heterocycles. The Kier molecular flexibility index (Phi) is 6.53. The number of hydrogen-bond acceptors (Lipinski definition) is 6. The van der Waals surface area contributed by atoms with Gasteiger partial charge in [0.1, 0.15) is 0 Å². The maximum Gasteiger partial charge on any atom is 0.295 e. The molecule has 0 unspecified atom stereocenters. The van der Waals surface area contributed by atoms with E-state index in [-0.39, 0.29) is 28.2 Å². The number of nitrogens with one attached hydrogen (secondary N) is 2. The fraction of sp³-hybridized carbons (Fsp3) is 0.167. The molecule has 1 aliphatic heterocycles. The number of nitrogens with zero attached hydrogens (tertiary/aromatic N) is 3. The largest absolute Gasteiger partial charge is 0.403 e. The maximum absolute atomic E-state index is 14.8. The number of aromatic amines is 2. The van der Waals surface area contributed by atoms with Crippen LogP contribution < -0.4 is 16.6 Å². The van der Waals surface area contributed by atoms with E-state index in [0.717, 1.165) is 28.0 Å². The SMILES string of the molecule is N/C=C\N(N)c1ncc(F)c2c(C(=O)C(=O)N3CCC(c4c(-c5ccccc5)[nH]c5ccccc45)CC3)c[nH]c12. The first-order chi connectivity index (χ1) is 19.5. The fourth-order valence-corrected chi connectivity index (χ4v) is 5.68. The number of hydrazine groups is 1. The topological polar surface area (TPSA) is 137 Å². The number of H-pyrrole nitrogens is 2. The number of amides is 1. The lowest BCUT2D eigenvalue weighted by Gasteiger charge is -2.32. The van der Waals surface area contributed by atoms with Crippen molar-refractivity contribution in [1.82, 2.24) is 19.9 Å². The Bertz CT molecular complexity index is 1750. The number of rotatable bonds is 6. The van der Waals surface area contributed by atoms with Crippen LogP contribution in [-0.4, -0.2) is 44.6 Å². The average molecular weight is 538 g/mol. The van der Waals surface area contributed by atoms with Gasteiger partial charge in [-0.25, -0.2) is 15.2 Å². The number of piperidine rings is 1. The number of carbonyl (C=O) groups excluding carboxylic acids is 2. The highest BCUT2D eigenvalue weighted by Crippen LogP contribution is 2.40. The predicted molar refractivity (Wildman–Crippen MR) is 153 cm³/mol. The molecule has 202 valence electrons. The van der Waals surface area contributed by atoms with Crippen molar-refractivity contribution in [3.05, 3.63) is 96.3 Å². The number of aromatic nitrogens is 3. The molecule has 10 heteroatoms. The molecule has 0 radical (unpaired) electrons. The molecule has 1 fully saturated rings. The monoisotopic (exact) mass is 537 g/mol. The van der Waals surface area contributed by atoms with Gasteiger partial charge in [0.25, 0.3) is 11.7 Å². The van der Waals surface area contributed by atoms with Crippen LogP contribution in [0.5, 0.6) is 0 Å². The molecule has 9 nitrogen and oxygen atoms in total. The van der Waals surface area contributed by atoms with E-state index < -0.39 is 17.5 Å². The molecule has 1 amide bonds. The van der Waals surface area contributed by atoms with E-state index in [4.69, 9.17) is 11.6 Å². The zero-order valence-electron chi connectivity index (χ0n) is 21.6. The Morgan fingerprint density at radius 3 is 2.55 bits per heavy atom. The summed E-state index contributed by atoms with van der Waals surface area (Å²) in [6.07, 6.45) is 6.24. The summed E-state index contributed by atoms with van der Waals surface area (Å²) in [5.74, 6) is 4.12. The molecule has 1 aliphatic rings. The normalized spacial score (nSPS) is 14.4. The summed E-state index contributed by atoms with van der Waals surface area (Å²) >= 11 is 0. The summed E-state index contributed by atoms with van der Waals surface area (Å²) in [6, 6.07) is 18.4. The molecule has 0 saturated carbocycles. The third-order valence-corrected chi connectivity index (χ3v) is 7.57. The smallest absolute Gasteiger partial charge is 0.295 e. The molecular weight excluding hydrogens is 509 g/mol. The van der Waals surface area contributed by atoms with Gasteiger partial charge in [0, 0.05) is 48.3 Å². The third kappa shape index (κ3) is 4.28. The fourth-order valence-electron chi connectivity index (χ4n) is 5.68. The highest BCUT2D eigenvalue weighted by atomic mass is 19.1. The van der Waals surface area contributed by atoms with Crippen molar-refractivity contribution in [1.29, 1.82) is 0 Å². The van der Waals surface area contributed by atoms with E-state index in [0.29, 0.717) is 25.9 Å². The number of carbonyl (C=O) groups is 2. The van der Waals surface area contributed by atoms with Crippen molar-refractivity contribution in [2.24, 2.45) is 11.6 Å². The molecule has 4 heterocycles. The van der Waals surface area contributed by atoms with Crippen molar-refractivity contribution < 1.29 is 14.0 Å². The molecule has 6 N–H and O–H groups in total. The molecule has 2 aromatic carbocycles. The number of halogens is 1. The molecule has 0 bridgehead atoms. The summed E-state index contributed by atoms with van der Waals surface area (Å²) in [7, 11) is 0. The van der Waals surface area contributed by atoms with Crippen molar-refractivity contribution in [3.8, 4) is 11.3 Å². The maximum atomic E-state index is 14.8. The lowest BCUT2D eigenvalue weighted by molar-refractivity contribution is -0.127. The van der Waals surface area contributed by atoms with Crippen LogP contribution in [-0.2, 0) is 4.79 Å². The minimum Gasteiger partial charge on any atom is -0.403 e. The first-order valence-corrected chi connectivity index (χ1v) is 13.1. The van der Waals surface area contributed by atoms with E-state index >= 15 is 0 Å². The van der Waals surface area contributed by atoms with Gasteiger partial charge in [0.2, 0.25) is 0 Å². The molecule has 0 aliphatic carbocycles.